The number of rotatable bonds is 5. The third-order valence-electron chi connectivity index (χ3n) is 4.95. The van der Waals surface area contributed by atoms with Gasteiger partial charge in [0.15, 0.2) is 5.58 Å². The number of oxazole rings is 1. The molecule has 27 heavy (non-hydrogen) atoms. The van der Waals surface area contributed by atoms with Gasteiger partial charge in [-0.2, -0.15) is 0 Å². The second kappa shape index (κ2) is 7.74. The maximum absolute atomic E-state index is 12.6. The van der Waals surface area contributed by atoms with Gasteiger partial charge in [0.1, 0.15) is 6.04 Å². The minimum absolute atomic E-state index is 0.125. The Hall–Kier alpha value is -2.32. The number of primary amides is 1. The molecule has 1 aliphatic heterocycles. The lowest BCUT2D eigenvalue weighted by Gasteiger charge is -2.42. The first-order valence-corrected chi connectivity index (χ1v) is 9.27. The van der Waals surface area contributed by atoms with Crippen LogP contribution in [-0.4, -0.2) is 57.9 Å². The smallest absolute Gasteiger partial charge is 0.408 e. The molecule has 3 rings (SSSR count). The van der Waals surface area contributed by atoms with Crippen LogP contribution in [0.4, 0.5) is 0 Å². The van der Waals surface area contributed by atoms with Gasteiger partial charge >= 0.3 is 5.76 Å². The maximum atomic E-state index is 12.6. The van der Waals surface area contributed by atoms with Crippen LogP contribution in [0.5, 0.6) is 0 Å². The van der Waals surface area contributed by atoms with E-state index in [0.717, 1.165) is 0 Å². The largest absolute Gasteiger partial charge is 0.419 e. The molecular weight excluding hydrogens is 372 g/mol. The van der Waals surface area contributed by atoms with Crippen molar-refractivity contribution in [2.45, 2.75) is 38.9 Å². The highest BCUT2D eigenvalue weighted by Crippen LogP contribution is 2.19. The molecule has 2 N–H and O–H groups in total. The van der Waals surface area contributed by atoms with Crippen molar-refractivity contribution in [2.24, 2.45) is 5.73 Å². The summed E-state index contributed by atoms with van der Waals surface area (Å²) in [6, 6.07) is 4.60. The summed E-state index contributed by atoms with van der Waals surface area (Å²) in [5.74, 6) is -1.09. The first-order valence-electron chi connectivity index (χ1n) is 8.89. The summed E-state index contributed by atoms with van der Waals surface area (Å²) in [6.07, 6.45) is 0.129. The Morgan fingerprint density at radius 2 is 2.07 bits per heavy atom. The Balaban J connectivity index is 1.69. The summed E-state index contributed by atoms with van der Waals surface area (Å²) in [6.45, 7) is 5.56. The van der Waals surface area contributed by atoms with Gasteiger partial charge in [-0.25, -0.2) is 4.79 Å². The van der Waals surface area contributed by atoms with Crippen LogP contribution < -0.4 is 11.5 Å². The van der Waals surface area contributed by atoms with E-state index in [1.807, 2.05) is 18.7 Å². The molecule has 0 unspecified atom stereocenters. The number of carbonyl (C=O) groups excluding carboxylic acids is 2. The fourth-order valence-corrected chi connectivity index (χ4v) is 3.67. The Morgan fingerprint density at radius 1 is 1.33 bits per heavy atom. The van der Waals surface area contributed by atoms with Gasteiger partial charge in [0.25, 0.3) is 0 Å². The van der Waals surface area contributed by atoms with Crippen molar-refractivity contribution >= 4 is 34.5 Å². The number of fused-ring (bicyclic) bond motifs is 1. The molecular formula is C18H23ClN4O4. The Kier molecular flexibility index (Phi) is 5.57. The molecule has 146 valence electrons. The van der Waals surface area contributed by atoms with E-state index < -0.39 is 17.7 Å². The number of hydrogen-bond donors (Lipinski definition) is 1. The van der Waals surface area contributed by atoms with E-state index in [9.17, 15) is 14.4 Å². The lowest BCUT2D eigenvalue weighted by Crippen LogP contribution is -2.61. The molecule has 9 heteroatoms. The number of aryl methyl sites for hydroxylation is 1. The van der Waals surface area contributed by atoms with Crippen molar-refractivity contribution in [3.8, 4) is 0 Å². The second-order valence-electron chi connectivity index (χ2n) is 6.97. The van der Waals surface area contributed by atoms with E-state index in [1.165, 1.54) is 4.57 Å². The summed E-state index contributed by atoms with van der Waals surface area (Å²) in [5.41, 5.74) is 6.50. The molecule has 2 aromatic rings. The Bertz CT molecular complexity index is 920. The van der Waals surface area contributed by atoms with Crippen LogP contribution in [0.15, 0.2) is 27.4 Å². The Morgan fingerprint density at radius 3 is 2.74 bits per heavy atom. The third-order valence-corrected chi connectivity index (χ3v) is 5.18. The van der Waals surface area contributed by atoms with Gasteiger partial charge < -0.3 is 15.1 Å². The molecule has 1 atom stereocenters. The summed E-state index contributed by atoms with van der Waals surface area (Å²) < 4.78 is 6.59. The van der Waals surface area contributed by atoms with Gasteiger partial charge in [-0.05, 0) is 26.0 Å². The minimum Gasteiger partial charge on any atom is -0.408 e. The van der Waals surface area contributed by atoms with Gasteiger partial charge in [0, 0.05) is 49.7 Å². The maximum Gasteiger partial charge on any atom is 0.419 e. The molecule has 0 spiro atoms. The summed E-state index contributed by atoms with van der Waals surface area (Å²) in [5, 5.41) is 0.472. The van der Waals surface area contributed by atoms with Crippen molar-refractivity contribution in [1.82, 2.24) is 14.4 Å². The fourth-order valence-electron chi connectivity index (χ4n) is 3.51. The summed E-state index contributed by atoms with van der Waals surface area (Å²) in [7, 11) is 0. The molecule has 1 aromatic carbocycles. The third kappa shape index (κ3) is 4.01. The molecule has 0 radical (unpaired) electrons. The predicted molar refractivity (Wildman–Crippen MR) is 102 cm³/mol. The normalized spacial score (nSPS) is 18.4. The summed E-state index contributed by atoms with van der Waals surface area (Å²) >= 11 is 5.91. The molecule has 1 fully saturated rings. The van der Waals surface area contributed by atoms with Crippen LogP contribution in [0.3, 0.4) is 0 Å². The van der Waals surface area contributed by atoms with Crippen molar-refractivity contribution in [2.75, 3.05) is 19.6 Å². The molecule has 2 heterocycles. The lowest BCUT2D eigenvalue weighted by molar-refractivity contribution is -0.138. The zero-order chi connectivity index (χ0) is 19.7. The zero-order valence-corrected chi connectivity index (χ0v) is 16.1. The van der Waals surface area contributed by atoms with Crippen LogP contribution in [0, 0.1) is 0 Å². The predicted octanol–water partition coefficient (Wildman–Crippen LogP) is 1.04. The minimum atomic E-state index is -0.528. The van der Waals surface area contributed by atoms with Gasteiger partial charge in [-0.15, -0.1) is 0 Å². The average Bonchev–Trinajstić information content (AvgIpc) is 2.93. The standard InChI is InChI=1S/C18H23ClN4O4/c1-11(2)22-8-7-21(10-14(22)17(20)25)16(24)5-6-23-13-4-3-12(19)9-15(13)27-18(23)26/h3-4,9,11,14H,5-8,10H2,1-2H3,(H2,20,25)/t14-/m0/s1. The number of amides is 2. The van der Waals surface area contributed by atoms with Crippen LogP contribution >= 0.6 is 11.6 Å². The molecule has 0 saturated carbocycles. The van der Waals surface area contributed by atoms with Gasteiger partial charge in [-0.1, -0.05) is 11.6 Å². The molecule has 8 nitrogen and oxygen atoms in total. The lowest BCUT2D eigenvalue weighted by atomic mass is 10.1. The molecule has 1 aromatic heterocycles. The van der Waals surface area contributed by atoms with E-state index >= 15 is 0 Å². The van der Waals surface area contributed by atoms with E-state index in [2.05, 4.69) is 0 Å². The summed E-state index contributed by atoms with van der Waals surface area (Å²) in [4.78, 5) is 40.1. The number of hydrogen-bond acceptors (Lipinski definition) is 5. The zero-order valence-electron chi connectivity index (χ0n) is 15.4. The van der Waals surface area contributed by atoms with E-state index in [-0.39, 0.29) is 31.5 Å². The van der Waals surface area contributed by atoms with Crippen LogP contribution in [0.2, 0.25) is 5.02 Å². The van der Waals surface area contributed by atoms with Crippen LogP contribution in [0.1, 0.15) is 20.3 Å². The van der Waals surface area contributed by atoms with Gasteiger partial charge in [-0.3, -0.25) is 19.1 Å². The van der Waals surface area contributed by atoms with Crippen molar-refractivity contribution in [1.29, 1.82) is 0 Å². The number of carbonyl (C=O) groups is 2. The molecule has 1 aliphatic rings. The number of aromatic nitrogens is 1. The quantitative estimate of drug-likeness (QED) is 0.816. The van der Waals surface area contributed by atoms with E-state index in [0.29, 0.717) is 29.2 Å². The van der Waals surface area contributed by atoms with Crippen LogP contribution in [-0.2, 0) is 16.1 Å². The number of piperazine rings is 1. The van der Waals surface area contributed by atoms with E-state index in [4.69, 9.17) is 21.8 Å². The van der Waals surface area contributed by atoms with Gasteiger partial charge in [0.2, 0.25) is 11.8 Å². The van der Waals surface area contributed by atoms with E-state index in [1.54, 1.807) is 23.1 Å². The number of nitrogens with zero attached hydrogens (tertiary/aromatic N) is 3. The highest BCUT2D eigenvalue weighted by molar-refractivity contribution is 6.31. The number of benzene rings is 1. The van der Waals surface area contributed by atoms with Crippen molar-refractivity contribution < 1.29 is 14.0 Å². The number of nitrogens with two attached hydrogens (primary N) is 1. The van der Waals surface area contributed by atoms with Crippen molar-refractivity contribution in [3.05, 3.63) is 33.8 Å². The van der Waals surface area contributed by atoms with Crippen molar-refractivity contribution in [3.63, 3.8) is 0 Å². The highest BCUT2D eigenvalue weighted by atomic mass is 35.5. The molecule has 2 amide bonds. The monoisotopic (exact) mass is 394 g/mol. The average molecular weight is 395 g/mol. The van der Waals surface area contributed by atoms with Crippen LogP contribution in [0.25, 0.3) is 11.1 Å². The number of halogens is 1. The molecule has 0 aliphatic carbocycles. The SMILES string of the molecule is CC(C)N1CCN(C(=O)CCn2c(=O)oc3cc(Cl)ccc32)C[C@H]1C(N)=O. The topological polar surface area (TPSA) is 102 Å². The molecule has 1 saturated heterocycles. The Labute approximate surface area is 161 Å². The first kappa shape index (κ1) is 19.4. The highest BCUT2D eigenvalue weighted by Gasteiger charge is 2.34. The fraction of sp³-hybridized carbons (Fsp3) is 0.500. The van der Waals surface area contributed by atoms with Gasteiger partial charge in [0.05, 0.1) is 5.52 Å². The second-order valence-corrected chi connectivity index (χ2v) is 7.41. The molecule has 0 bridgehead atoms. The first-order chi connectivity index (χ1) is 12.8.